The second-order valence-electron chi connectivity index (χ2n) is 3.40. The Morgan fingerprint density at radius 3 is 2.73 bits per heavy atom. The average molecular weight is 200 g/mol. The summed E-state index contributed by atoms with van der Waals surface area (Å²) < 4.78 is 5.07. The van der Waals surface area contributed by atoms with Gasteiger partial charge in [-0.3, -0.25) is 4.98 Å². The molecule has 0 fully saturated rings. The van der Waals surface area contributed by atoms with Gasteiger partial charge in [0.15, 0.2) is 5.58 Å². The van der Waals surface area contributed by atoms with Crippen molar-refractivity contribution in [2.75, 3.05) is 5.73 Å². The van der Waals surface area contributed by atoms with Gasteiger partial charge < -0.3 is 10.2 Å². The molecule has 0 aliphatic rings. The fourth-order valence-corrected chi connectivity index (χ4v) is 1.81. The zero-order valence-corrected chi connectivity index (χ0v) is 7.78. The van der Waals surface area contributed by atoms with Gasteiger partial charge >= 0.3 is 5.76 Å². The van der Waals surface area contributed by atoms with Gasteiger partial charge in [-0.1, -0.05) is 24.3 Å². The van der Waals surface area contributed by atoms with Crippen LogP contribution in [0.25, 0.3) is 21.9 Å². The van der Waals surface area contributed by atoms with Gasteiger partial charge in [-0.15, -0.1) is 0 Å². The summed E-state index contributed by atoms with van der Waals surface area (Å²) in [5, 5.41) is 1.75. The lowest BCUT2D eigenvalue weighted by Gasteiger charge is -2.01. The van der Waals surface area contributed by atoms with Crippen LogP contribution in [-0.2, 0) is 0 Å². The maximum Gasteiger partial charge on any atom is 0.417 e. The Labute approximate surface area is 84.3 Å². The quantitative estimate of drug-likeness (QED) is 0.544. The summed E-state index contributed by atoms with van der Waals surface area (Å²) in [6.45, 7) is 0. The molecule has 0 radical (unpaired) electrons. The van der Waals surface area contributed by atoms with E-state index in [9.17, 15) is 4.79 Å². The second kappa shape index (κ2) is 2.63. The van der Waals surface area contributed by atoms with Crippen molar-refractivity contribution in [3.63, 3.8) is 0 Å². The van der Waals surface area contributed by atoms with Crippen molar-refractivity contribution in [2.24, 2.45) is 0 Å². The third-order valence-corrected chi connectivity index (χ3v) is 2.46. The molecule has 1 heterocycles. The van der Waals surface area contributed by atoms with E-state index in [2.05, 4.69) is 4.98 Å². The molecule has 15 heavy (non-hydrogen) atoms. The smallest absolute Gasteiger partial charge is 0.407 e. The molecular formula is C11H8N2O2. The van der Waals surface area contributed by atoms with Crippen molar-refractivity contribution >= 4 is 27.6 Å². The molecule has 1 aromatic heterocycles. The van der Waals surface area contributed by atoms with Crippen molar-refractivity contribution in [1.29, 1.82) is 0 Å². The summed E-state index contributed by atoms with van der Waals surface area (Å²) in [5.74, 6) is -0.458. The summed E-state index contributed by atoms with van der Waals surface area (Å²) in [4.78, 5) is 13.7. The number of hydrogen-bond acceptors (Lipinski definition) is 3. The molecule has 3 rings (SSSR count). The Morgan fingerprint density at radius 1 is 1.20 bits per heavy atom. The fraction of sp³-hybridized carbons (Fsp3) is 0. The molecule has 0 aliphatic heterocycles. The molecule has 4 nitrogen and oxygen atoms in total. The fourth-order valence-electron chi connectivity index (χ4n) is 1.81. The van der Waals surface area contributed by atoms with Crippen LogP contribution in [0.2, 0.25) is 0 Å². The first-order valence-electron chi connectivity index (χ1n) is 4.56. The minimum atomic E-state index is -0.458. The molecule has 0 spiro atoms. The summed E-state index contributed by atoms with van der Waals surface area (Å²) >= 11 is 0. The topological polar surface area (TPSA) is 72.0 Å². The summed E-state index contributed by atoms with van der Waals surface area (Å²) in [7, 11) is 0. The Hall–Kier alpha value is -2.23. The highest BCUT2D eigenvalue weighted by Crippen LogP contribution is 2.28. The van der Waals surface area contributed by atoms with E-state index in [1.807, 2.05) is 24.3 Å². The highest BCUT2D eigenvalue weighted by atomic mass is 16.4. The normalized spacial score (nSPS) is 11.2. The molecule has 0 atom stereocenters. The second-order valence-corrected chi connectivity index (χ2v) is 3.40. The number of aromatic nitrogens is 1. The van der Waals surface area contributed by atoms with E-state index in [-0.39, 0.29) is 0 Å². The lowest BCUT2D eigenvalue weighted by molar-refractivity contribution is 0.558. The molecule has 0 aliphatic carbocycles. The van der Waals surface area contributed by atoms with E-state index < -0.39 is 5.76 Å². The predicted molar refractivity (Wildman–Crippen MR) is 58.8 cm³/mol. The largest absolute Gasteiger partial charge is 0.417 e. The molecule has 4 heteroatoms. The molecule has 0 saturated heterocycles. The molecular weight excluding hydrogens is 192 g/mol. The maximum atomic E-state index is 11.1. The SMILES string of the molecule is Nc1cc2[nH]c(=O)oc2c2ccccc12. The standard InChI is InChI=1S/C11H8N2O2/c12-8-5-9-10(15-11(14)13-9)7-4-2-1-3-6(7)8/h1-5H,12H2,(H,13,14). The van der Waals surface area contributed by atoms with Crippen LogP contribution < -0.4 is 11.5 Å². The molecule has 2 aromatic carbocycles. The number of aromatic amines is 1. The van der Waals surface area contributed by atoms with Crippen molar-refractivity contribution in [2.45, 2.75) is 0 Å². The van der Waals surface area contributed by atoms with Gasteiger partial charge in [-0.2, -0.15) is 0 Å². The zero-order valence-electron chi connectivity index (χ0n) is 7.78. The van der Waals surface area contributed by atoms with Gasteiger partial charge in [0.25, 0.3) is 0 Å². The van der Waals surface area contributed by atoms with Gasteiger partial charge in [0.05, 0.1) is 5.52 Å². The molecule has 3 N–H and O–H groups in total. The number of nitrogens with one attached hydrogen (secondary N) is 1. The number of nitrogen functional groups attached to an aromatic ring is 1. The number of anilines is 1. The van der Waals surface area contributed by atoms with Crippen LogP contribution in [0.15, 0.2) is 39.5 Å². The van der Waals surface area contributed by atoms with Crippen LogP contribution in [0, 0.1) is 0 Å². The first-order chi connectivity index (χ1) is 7.25. The van der Waals surface area contributed by atoms with Crippen LogP contribution in [0.3, 0.4) is 0 Å². The van der Waals surface area contributed by atoms with E-state index >= 15 is 0 Å². The van der Waals surface area contributed by atoms with Gasteiger partial charge in [0, 0.05) is 16.5 Å². The summed E-state index contributed by atoms with van der Waals surface area (Å²) in [5.41, 5.74) is 7.70. The lowest BCUT2D eigenvalue weighted by atomic mass is 10.1. The third-order valence-electron chi connectivity index (χ3n) is 2.46. The van der Waals surface area contributed by atoms with Gasteiger partial charge in [0.1, 0.15) is 0 Å². The number of hydrogen-bond donors (Lipinski definition) is 2. The number of benzene rings is 2. The number of fused-ring (bicyclic) bond motifs is 3. The molecule has 0 saturated carbocycles. The monoisotopic (exact) mass is 200 g/mol. The number of oxazole rings is 1. The van der Waals surface area contributed by atoms with Crippen LogP contribution in [-0.4, -0.2) is 4.98 Å². The Morgan fingerprint density at radius 2 is 1.93 bits per heavy atom. The van der Waals surface area contributed by atoms with E-state index in [4.69, 9.17) is 10.2 Å². The van der Waals surface area contributed by atoms with Gasteiger partial charge in [0.2, 0.25) is 0 Å². The highest BCUT2D eigenvalue weighted by Gasteiger charge is 2.08. The molecule has 0 unspecified atom stereocenters. The Kier molecular flexibility index (Phi) is 1.42. The Balaban J connectivity index is 2.68. The van der Waals surface area contributed by atoms with Crippen molar-refractivity contribution in [3.05, 3.63) is 40.9 Å². The van der Waals surface area contributed by atoms with Crippen LogP contribution >= 0.6 is 0 Å². The van der Waals surface area contributed by atoms with Crippen LogP contribution in [0.5, 0.6) is 0 Å². The lowest BCUT2D eigenvalue weighted by Crippen LogP contribution is -1.93. The molecule has 0 amide bonds. The van der Waals surface area contributed by atoms with Crippen molar-refractivity contribution in [1.82, 2.24) is 4.98 Å². The van der Waals surface area contributed by atoms with E-state index in [1.165, 1.54) is 0 Å². The Bertz CT molecular complexity index is 709. The number of rotatable bonds is 0. The molecule has 3 aromatic rings. The summed E-state index contributed by atoms with van der Waals surface area (Å²) in [6.07, 6.45) is 0. The average Bonchev–Trinajstić information content (AvgIpc) is 2.59. The predicted octanol–water partition coefficient (Wildman–Crippen LogP) is 1.86. The zero-order chi connectivity index (χ0) is 10.4. The third kappa shape index (κ3) is 1.05. The molecule has 0 bridgehead atoms. The van der Waals surface area contributed by atoms with Crippen LogP contribution in [0.1, 0.15) is 0 Å². The first-order valence-corrected chi connectivity index (χ1v) is 4.56. The van der Waals surface area contributed by atoms with Crippen molar-refractivity contribution in [3.8, 4) is 0 Å². The van der Waals surface area contributed by atoms with E-state index in [1.54, 1.807) is 6.07 Å². The van der Waals surface area contributed by atoms with E-state index in [0.717, 1.165) is 10.8 Å². The maximum absolute atomic E-state index is 11.1. The van der Waals surface area contributed by atoms with Crippen molar-refractivity contribution < 1.29 is 4.42 Å². The van der Waals surface area contributed by atoms with E-state index in [0.29, 0.717) is 16.8 Å². The summed E-state index contributed by atoms with van der Waals surface area (Å²) in [6, 6.07) is 9.27. The number of H-pyrrole nitrogens is 1. The minimum Gasteiger partial charge on any atom is -0.407 e. The van der Waals surface area contributed by atoms with Gasteiger partial charge in [-0.25, -0.2) is 4.79 Å². The van der Waals surface area contributed by atoms with Crippen LogP contribution in [0.4, 0.5) is 5.69 Å². The first kappa shape index (κ1) is 8.11. The number of nitrogens with two attached hydrogens (primary N) is 1. The highest BCUT2D eigenvalue weighted by molar-refractivity contribution is 6.08. The van der Waals surface area contributed by atoms with Gasteiger partial charge in [-0.05, 0) is 6.07 Å². The minimum absolute atomic E-state index is 0.458. The molecule has 74 valence electrons.